The molecule has 1 heterocycles. The van der Waals surface area contributed by atoms with Gasteiger partial charge in [-0.2, -0.15) is 9.78 Å². The largest absolute Gasteiger partial charge is 0.488 e. The number of aryl methyl sites for hydroxylation is 1. The number of halogens is 3. The number of nitrogens with zero attached hydrogens (tertiary/aromatic N) is 3. The van der Waals surface area contributed by atoms with Crippen molar-refractivity contribution >= 4 is 55.6 Å². The van der Waals surface area contributed by atoms with Crippen molar-refractivity contribution in [2.45, 2.75) is 32.8 Å². The van der Waals surface area contributed by atoms with Crippen molar-refractivity contribution in [1.29, 1.82) is 0 Å². The van der Waals surface area contributed by atoms with Crippen LogP contribution in [-0.2, 0) is 13.0 Å². The molecule has 0 atom stereocenters. The highest BCUT2D eigenvalue weighted by Gasteiger charge is 2.11. The Morgan fingerprint density at radius 3 is 2.68 bits per heavy atom. The van der Waals surface area contributed by atoms with Crippen LogP contribution < -0.4 is 10.3 Å². The average Bonchev–Trinajstić information content (AvgIpc) is 2.83. The number of hydrogen-bond acceptors (Lipinski definition) is 4. The molecule has 0 unspecified atom stereocenters. The third-order valence-corrected chi connectivity index (χ3v) is 6.55. The highest BCUT2D eigenvalue weighted by atomic mass is 127. The Labute approximate surface area is 219 Å². The maximum atomic E-state index is 13.2. The smallest absolute Gasteiger partial charge is 0.282 e. The van der Waals surface area contributed by atoms with E-state index in [2.05, 4.69) is 50.5 Å². The maximum Gasteiger partial charge on any atom is 0.282 e. The number of unbranched alkanes of at least 4 members (excludes halogenated alkanes) is 1. The predicted molar refractivity (Wildman–Crippen MR) is 145 cm³/mol. The SMILES string of the molecule is CCCCc1nc2ccc(Br)cc2c(=O)n1N=Cc1ccc(OCc2ccc(F)cc2)c(I)c1. The molecule has 0 bridgehead atoms. The van der Waals surface area contributed by atoms with Crippen molar-refractivity contribution in [3.05, 3.63) is 102 Å². The van der Waals surface area contributed by atoms with Gasteiger partial charge >= 0.3 is 0 Å². The molecule has 0 aliphatic carbocycles. The van der Waals surface area contributed by atoms with Crippen LogP contribution in [0.15, 0.2) is 75.0 Å². The van der Waals surface area contributed by atoms with Gasteiger partial charge in [-0.25, -0.2) is 9.37 Å². The van der Waals surface area contributed by atoms with Gasteiger partial charge in [-0.05, 0) is 88.7 Å². The summed E-state index contributed by atoms with van der Waals surface area (Å²) in [5, 5.41) is 5.02. The zero-order valence-electron chi connectivity index (χ0n) is 18.5. The lowest BCUT2D eigenvalue weighted by Gasteiger charge is -2.10. The number of benzene rings is 3. The molecule has 1 aromatic heterocycles. The van der Waals surface area contributed by atoms with E-state index in [1.807, 2.05) is 30.3 Å². The van der Waals surface area contributed by atoms with Crippen LogP contribution in [0.2, 0.25) is 0 Å². The van der Waals surface area contributed by atoms with E-state index < -0.39 is 0 Å². The molecule has 34 heavy (non-hydrogen) atoms. The Morgan fingerprint density at radius 1 is 1.15 bits per heavy atom. The zero-order valence-corrected chi connectivity index (χ0v) is 22.2. The van der Waals surface area contributed by atoms with Gasteiger partial charge in [0, 0.05) is 10.9 Å². The molecule has 0 amide bonds. The standard InChI is InChI=1S/C26H22BrFIN3O2/c1-2-3-4-25-31-23-11-8-19(27)14-21(23)26(33)32(25)30-15-18-7-12-24(22(29)13-18)34-16-17-5-9-20(28)10-6-17/h5-15H,2-4,16H2,1H3. The molecule has 0 saturated heterocycles. The number of ether oxygens (including phenoxy) is 1. The summed E-state index contributed by atoms with van der Waals surface area (Å²) in [5.74, 6) is 1.10. The first kappa shape index (κ1) is 24.5. The van der Waals surface area contributed by atoms with Crippen molar-refractivity contribution in [3.63, 3.8) is 0 Å². The molecular weight excluding hydrogens is 612 g/mol. The Kier molecular flexibility index (Phi) is 8.10. The molecule has 5 nitrogen and oxygen atoms in total. The minimum absolute atomic E-state index is 0.192. The number of fused-ring (bicyclic) bond motifs is 1. The molecule has 0 saturated carbocycles. The summed E-state index contributed by atoms with van der Waals surface area (Å²) >= 11 is 5.63. The van der Waals surface area contributed by atoms with E-state index >= 15 is 0 Å². The van der Waals surface area contributed by atoms with E-state index in [4.69, 9.17) is 9.72 Å². The summed E-state index contributed by atoms with van der Waals surface area (Å²) in [4.78, 5) is 17.9. The fourth-order valence-corrected chi connectivity index (χ4v) is 4.45. The van der Waals surface area contributed by atoms with Crippen LogP contribution in [0, 0.1) is 9.39 Å². The van der Waals surface area contributed by atoms with Crippen molar-refractivity contribution in [3.8, 4) is 5.75 Å². The third-order valence-electron chi connectivity index (χ3n) is 5.22. The quantitative estimate of drug-likeness (QED) is 0.160. The van der Waals surface area contributed by atoms with Crippen LogP contribution in [0.1, 0.15) is 36.7 Å². The van der Waals surface area contributed by atoms with Crippen molar-refractivity contribution in [2.75, 3.05) is 0 Å². The van der Waals surface area contributed by atoms with Crippen LogP contribution in [-0.4, -0.2) is 15.9 Å². The van der Waals surface area contributed by atoms with E-state index in [-0.39, 0.29) is 11.4 Å². The maximum absolute atomic E-state index is 13.2. The zero-order chi connectivity index (χ0) is 24.1. The molecule has 3 aromatic carbocycles. The van der Waals surface area contributed by atoms with Gasteiger partial charge in [-0.15, -0.1) is 0 Å². The molecule has 0 aliphatic heterocycles. The second kappa shape index (κ2) is 11.2. The van der Waals surface area contributed by atoms with E-state index in [1.165, 1.54) is 16.8 Å². The molecule has 0 N–H and O–H groups in total. The molecule has 4 rings (SSSR count). The summed E-state index contributed by atoms with van der Waals surface area (Å²) in [6, 6.07) is 17.4. The summed E-state index contributed by atoms with van der Waals surface area (Å²) in [5.41, 5.74) is 2.20. The van der Waals surface area contributed by atoms with Crippen molar-refractivity contribution in [1.82, 2.24) is 9.66 Å². The predicted octanol–water partition coefficient (Wildman–Crippen LogP) is 6.71. The molecule has 8 heteroatoms. The van der Waals surface area contributed by atoms with E-state index in [1.54, 1.807) is 24.4 Å². The lowest BCUT2D eigenvalue weighted by atomic mass is 10.2. The first-order valence-electron chi connectivity index (χ1n) is 10.9. The fourth-order valence-electron chi connectivity index (χ4n) is 3.39. The lowest BCUT2D eigenvalue weighted by molar-refractivity contribution is 0.304. The Bertz CT molecular complexity index is 1400. The topological polar surface area (TPSA) is 56.5 Å². The number of hydrogen-bond donors (Lipinski definition) is 0. The summed E-state index contributed by atoms with van der Waals surface area (Å²) < 4.78 is 22.1. The Balaban J connectivity index is 1.59. The first-order valence-corrected chi connectivity index (χ1v) is 12.7. The van der Waals surface area contributed by atoms with E-state index in [9.17, 15) is 9.18 Å². The number of aromatic nitrogens is 2. The van der Waals surface area contributed by atoms with Gasteiger partial charge < -0.3 is 4.74 Å². The molecule has 0 fully saturated rings. The van der Waals surface area contributed by atoms with Crippen LogP contribution in [0.4, 0.5) is 4.39 Å². The summed E-state index contributed by atoms with van der Waals surface area (Å²) in [6.45, 7) is 2.45. The van der Waals surface area contributed by atoms with Gasteiger partial charge in [0.15, 0.2) is 0 Å². The highest BCUT2D eigenvalue weighted by Crippen LogP contribution is 2.23. The molecule has 0 radical (unpaired) electrons. The van der Waals surface area contributed by atoms with Crippen LogP contribution in [0.25, 0.3) is 10.9 Å². The van der Waals surface area contributed by atoms with Gasteiger partial charge in [0.05, 0.1) is 20.7 Å². The van der Waals surface area contributed by atoms with Crippen molar-refractivity contribution in [2.24, 2.45) is 5.10 Å². The third kappa shape index (κ3) is 5.90. The average molecular weight is 634 g/mol. The van der Waals surface area contributed by atoms with Gasteiger partial charge in [-0.3, -0.25) is 4.79 Å². The van der Waals surface area contributed by atoms with E-state index in [0.29, 0.717) is 29.8 Å². The molecule has 174 valence electrons. The van der Waals surface area contributed by atoms with Gasteiger partial charge in [0.2, 0.25) is 0 Å². The highest BCUT2D eigenvalue weighted by molar-refractivity contribution is 14.1. The Morgan fingerprint density at radius 2 is 1.94 bits per heavy atom. The lowest BCUT2D eigenvalue weighted by Crippen LogP contribution is -2.22. The minimum atomic E-state index is -0.270. The number of rotatable bonds is 8. The van der Waals surface area contributed by atoms with Crippen molar-refractivity contribution < 1.29 is 9.13 Å². The minimum Gasteiger partial charge on any atom is -0.488 e. The second-order valence-electron chi connectivity index (χ2n) is 7.76. The molecule has 4 aromatic rings. The molecule has 0 spiro atoms. The second-order valence-corrected chi connectivity index (χ2v) is 9.84. The first-order chi connectivity index (χ1) is 16.4. The fraction of sp³-hybridized carbons (Fsp3) is 0.192. The summed E-state index contributed by atoms with van der Waals surface area (Å²) in [7, 11) is 0. The summed E-state index contributed by atoms with van der Waals surface area (Å²) in [6.07, 6.45) is 4.24. The van der Waals surface area contributed by atoms with Crippen LogP contribution in [0.5, 0.6) is 5.75 Å². The van der Waals surface area contributed by atoms with Crippen LogP contribution >= 0.6 is 38.5 Å². The van der Waals surface area contributed by atoms with E-state index in [0.717, 1.165) is 37.8 Å². The monoisotopic (exact) mass is 633 g/mol. The molecule has 0 aliphatic rings. The van der Waals surface area contributed by atoms with Crippen LogP contribution in [0.3, 0.4) is 0 Å². The normalized spacial score (nSPS) is 11.4. The van der Waals surface area contributed by atoms with Gasteiger partial charge in [-0.1, -0.05) is 41.4 Å². The molecular formula is C26H22BrFIN3O2. The van der Waals surface area contributed by atoms with Gasteiger partial charge in [0.25, 0.3) is 5.56 Å². The van der Waals surface area contributed by atoms with Gasteiger partial charge in [0.1, 0.15) is 24.0 Å². The Hall–Kier alpha value is -2.59.